The fourth-order valence-electron chi connectivity index (χ4n) is 1.75. The van der Waals surface area contributed by atoms with Crippen molar-refractivity contribution in [1.82, 2.24) is 9.78 Å². The van der Waals surface area contributed by atoms with E-state index in [0.29, 0.717) is 0 Å². The van der Waals surface area contributed by atoms with Gasteiger partial charge in [0.2, 0.25) is 0 Å². The van der Waals surface area contributed by atoms with E-state index in [1.165, 1.54) is 10.9 Å². The Labute approximate surface area is 91.1 Å². The highest BCUT2D eigenvalue weighted by Gasteiger charge is 2.24. The number of aromatic hydroxyl groups is 1. The van der Waals surface area contributed by atoms with Crippen LogP contribution in [-0.2, 0) is 0 Å². The zero-order chi connectivity index (χ0) is 10.8. The zero-order valence-corrected chi connectivity index (χ0v) is 8.90. The third kappa shape index (κ3) is 1.94. The minimum atomic E-state index is -1.12. The molecule has 5 nitrogen and oxygen atoms in total. The van der Waals surface area contributed by atoms with Crippen LogP contribution in [0.2, 0.25) is 0 Å². The molecule has 1 unspecified atom stereocenters. The van der Waals surface area contributed by atoms with Crippen molar-refractivity contribution in [3.63, 3.8) is 0 Å². The smallest absolute Gasteiger partial charge is 0.358 e. The third-order valence-electron chi connectivity index (χ3n) is 2.46. The van der Waals surface area contributed by atoms with E-state index in [2.05, 4.69) is 5.10 Å². The van der Waals surface area contributed by atoms with E-state index < -0.39 is 5.97 Å². The number of aromatic carboxylic acids is 1. The van der Waals surface area contributed by atoms with Gasteiger partial charge in [-0.1, -0.05) is 0 Å². The maximum absolute atomic E-state index is 10.9. The molecule has 0 radical (unpaired) electrons. The Hall–Kier alpha value is -1.17. The lowest BCUT2D eigenvalue weighted by molar-refractivity contribution is 0.0677. The lowest BCUT2D eigenvalue weighted by Crippen LogP contribution is -2.21. The number of hydrogen-bond acceptors (Lipinski definition) is 4. The van der Waals surface area contributed by atoms with Crippen LogP contribution in [0.4, 0.5) is 0 Å². The van der Waals surface area contributed by atoms with Gasteiger partial charge in [0.15, 0.2) is 11.4 Å². The molecule has 15 heavy (non-hydrogen) atoms. The minimum absolute atomic E-state index is 0.0933. The Bertz CT molecular complexity index is 371. The summed E-state index contributed by atoms with van der Waals surface area (Å²) in [6.45, 7) is 0. The van der Waals surface area contributed by atoms with E-state index in [1.807, 2.05) is 0 Å². The number of thioether (sulfide) groups is 1. The maximum Gasteiger partial charge on any atom is 0.358 e. The second-order valence-electron chi connectivity index (χ2n) is 3.50. The van der Waals surface area contributed by atoms with Crippen LogP contribution in [0.3, 0.4) is 0 Å². The molecule has 1 aromatic heterocycles. The van der Waals surface area contributed by atoms with Gasteiger partial charge in [-0.2, -0.15) is 16.9 Å². The van der Waals surface area contributed by atoms with Gasteiger partial charge in [-0.25, -0.2) is 4.79 Å². The molecule has 0 bridgehead atoms. The molecule has 1 aromatic rings. The second kappa shape index (κ2) is 4.14. The Morgan fingerprint density at radius 3 is 3.07 bits per heavy atom. The molecule has 0 aliphatic carbocycles. The Balaban J connectivity index is 2.30. The highest BCUT2D eigenvalue weighted by atomic mass is 32.2. The van der Waals surface area contributed by atoms with Crippen molar-refractivity contribution in [1.29, 1.82) is 0 Å². The van der Waals surface area contributed by atoms with Crippen molar-refractivity contribution in [2.24, 2.45) is 0 Å². The number of carboxylic acids is 1. The number of carboxylic acid groups (broad SMARTS) is 1. The topological polar surface area (TPSA) is 75.3 Å². The quantitative estimate of drug-likeness (QED) is 0.799. The van der Waals surface area contributed by atoms with Crippen LogP contribution in [0.1, 0.15) is 29.4 Å². The fraction of sp³-hybridized carbons (Fsp3) is 0.556. The molecule has 6 heteroatoms. The molecule has 0 spiro atoms. The van der Waals surface area contributed by atoms with Gasteiger partial charge in [0.1, 0.15) is 0 Å². The van der Waals surface area contributed by atoms with E-state index in [0.717, 1.165) is 24.3 Å². The SMILES string of the molecule is O=C(O)c1c(O)cnn1C1CCCSC1. The highest BCUT2D eigenvalue weighted by molar-refractivity contribution is 7.99. The number of carbonyl (C=O) groups is 1. The summed E-state index contributed by atoms with van der Waals surface area (Å²) in [5.74, 6) is 0.603. The van der Waals surface area contributed by atoms with Crippen LogP contribution < -0.4 is 0 Å². The first-order chi connectivity index (χ1) is 7.20. The van der Waals surface area contributed by atoms with Gasteiger partial charge in [-0.3, -0.25) is 4.68 Å². The average Bonchev–Trinajstić information content (AvgIpc) is 2.61. The van der Waals surface area contributed by atoms with Gasteiger partial charge in [0, 0.05) is 5.75 Å². The number of hydrogen-bond donors (Lipinski definition) is 2. The van der Waals surface area contributed by atoms with Crippen molar-refractivity contribution >= 4 is 17.7 Å². The number of rotatable bonds is 2. The van der Waals surface area contributed by atoms with Crippen molar-refractivity contribution in [2.75, 3.05) is 11.5 Å². The maximum atomic E-state index is 10.9. The molecule has 82 valence electrons. The summed E-state index contributed by atoms with van der Waals surface area (Å²) < 4.78 is 1.43. The van der Waals surface area contributed by atoms with E-state index >= 15 is 0 Å². The van der Waals surface area contributed by atoms with E-state index in [4.69, 9.17) is 5.11 Å². The molecule has 2 rings (SSSR count). The van der Waals surface area contributed by atoms with Gasteiger partial charge in [-0.05, 0) is 18.6 Å². The molecule has 0 saturated carbocycles. The van der Waals surface area contributed by atoms with Gasteiger partial charge in [0.05, 0.1) is 12.2 Å². The number of aromatic nitrogens is 2. The first kappa shape index (κ1) is 10.4. The summed E-state index contributed by atoms with van der Waals surface area (Å²) in [6.07, 6.45) is 3.19. The Morgan fingerprint density at radius 2 is 2.47 bits per heavy atom. The molecule has 1 saturated heterocycles. The summed E-state index contributed by atoms with van der Waals surface area (Å²) in [6, 6.07) is 0.0933. The average molecular weight is 228 g/mol. The summed E-state index contributed by atoms with van der Waals surface area (Å²) in [4.78, 5) is 10.9. The molecule has 2 N–H and O–H groups in total. The van der Waals surface area contributed by atoms with E-state index in [9.17, 15) is 9.90 Å². The second-order valence-corrected chi connectivity index (χ2v) is 4.65. The largest absolute Gasteiger partial charge is 0.504 e. The molecule has 1 fully saturated rings. The van der Waals surface area contributed by atoms with Gasteiger partial charge >= 0.3 is 5.97 Å². The zero-order valence-electron chi connectivity index (χ0n) is 8.09. The molecule has 1 atom stereocenters. The Morgan fingerprint density at radius 1 is 1.67 bits per heavy atom. The van der Waals surface area contributed by atoms with Gasteiger partial charge in [-0.15, -0.1) is 0 Å². The Kier molecular flexibility index (Phi) is 2.86. The molecule has 0 aromatic carbocycles. The lowest BCUT2D eigenvalue weighted by atomic mass is 10.2. The van der Waals surface area contributed by atoms with Crippen LogP contribution in [0.25, 0.3) is 0 Å². The van der Waals surface area contributed by atoms with E-state index in [1.54, 1.807) is 11.8 Å². The van der Waals surface area contributed by atoms with Gasteiger partial charge < -0.3 is 10.2 Å². The van der Waals surface area contributed by atoms with Crippen molar-refractivity contribution in [2.45, 2.75) is 18.9 Å². The van der Waals surface area contributed by atoms with Crippen molar-refractivity contribution < 1.29 is 15.0 Å². The van der Waals surface area contributed by atoms with E-state index in [-0.39, 0.29) is 17.5 Å². The van der Waals surface area contributed by atoms with Gasteiger partial charge in [0.25, 0.3) is 0 Å². The summed E-state index contributed by atoms with van der Waals surface area (Å²) in [5, 5.41) is 22.2. The molecule has 1 aliphatic heterocycles. The van der Waals surface area contributed by atoms with Crippen LogP contribution in [0.5, 0.6) is 5.75 Å². The monoisotopic (exact) mass is 228 g/mol. The van der Waals surface area contributed by atoms with Crippen LogP contribution in [0.15, 0.2) is 6.20 Å². The molecule has 2 heterocycles. The fourth-order valence-corrected chi connectivity index (χ4v) is 2.87. The van der Waals surface area contributed by atoms with Crippen molar-refractivity contribution in [3.8, 4) is 5.75 Å². The molecular formula is C9H12N2O3S. The predicted molar refractivity (Wildman–Crippen MR) is 56.4 cm³/mol. The summed E-state index contributed by atoms with van der Waals surface area (Å²) >= 11 is 1.79. The van der Waals surface area contributed by atoms with Crippen molar-refractivity contribution in [3.05, 3.63) is 11.9 Å². The highest BCUT2D eigenvalue weighted by Crippen LogP contribution is 2.29. The van der Waals surface area contributed by atoms with Crippen LogP contribution in [0, 0.1) is 0 Å². The predicted octanol–water partition coefficient (Wildman–Crippen LogP) is 1.35. The first-order valence-corrected chi connectivity index (χ1v) is 5.93. The lowest BCUT2D eigenvalue weighted by Gasteiger charge is -2.22. The first-order valence-electron chi connectivity index (χ1n) is 4.77. The standard InChI is InChI=1S/C9H12N2O3S/c12-7-4-10-11(8(7)9(13)14)6-2-1-3-15-5-6/h4,6,12H,1-3,5H2,(H,13,14). The number of nitrogens with zero attached hydrogens (tertiary/aromatic N) is 2. The summed E-state index contributed by atoms with van der Waals surface area (Å²) in [7, 11) is 0. The third-order valence-corrected chi connectivity index (χ3v) is 3.66. The van der Waals surface area contributed by atoms with Crippen LogP contribution in [-0.4, -0.2) is 37.5 Å². The normalized spacial score (nSPS) is 21.5. The van der Waals surface area contributed by atoms with Crippen LogP contribution >= 0.6 is 11.8 Å². The molecule has 0 amide bonds. The minimum Gasteiger partial charge on any atom is -0.504 e. The molecular weight excluding hydrogens is 216 g/mol. The summed E-state index contributed by atoms with van der Waals surface area (Å²) in [5.41, 5.74) is -0.0949. The molecule has 1 aliphatic rings.